The molecule has 0 amide bonds. The number of nitrogens with two attached hydrogens (primary N) is 1. The van der Waals surface area contributed by atoms with E-state index in [4.69, 9.17) is 10.3 Å². The molecular weight excluding hydrogens is 186 g/mol. The summed E-state index contributed by atoms with van der Waals surface area (Å²) in [5.74, 6) is 0.189. The van der Waals surface area contributed by atoms with Gasteiger partial charge in [0.05, 0.1) is 5.75 Å². The molecule has 1 aromatic rings. The van der Waals surface area contributed by atoms with Gasteiger partial charge in [-0.1, -0.05) is 11.3 Å². The Morgan fingerprint density at radius 1 is 1.64 bits per heavy atom. The lowest BCUT2D eigenvalue weighted by Gasteiger charge is -1.88. The molecule has 0 fully saturated rings. The fraction of sp³-hybridized carbons (Fsp3) is 0.500. The first-order valence-electron chi connectivity index (χ1n) is 2.84. The van der Waals surface area contributed by atoms with Gasteiger partial charge in [-0.3, -0.25) is 0 Å². The molecular formula is C4H7N3O2S2. The predicted octanol–water partition coefficient (Wildman–Crippen LogP) is -0.116. The third kappa shape index (κ3) is 2.91. The standard InChI is InChI=1S/C4H7N3O2S2/c5-4-7-6-3(10-4)1-2-11(8)9/h1-2H2,(H2,5,7)(H,8,9). The van der Waals surface area contributed by atoms with E-state index in [1.807, 2.05) is 0 Å². The Morgan fingerprint density at radius 2 is 2.36 bits per heavy atom. The third-order valence-corrected chi connectivity index (χ3v) is 2.34. The van der Waals surface area contributed by atoms with Crippen LogP contribution in [0.2, 0.25) is 0 Å². The first kappa shape index (κ1) is 8.57. The zero-order valence-corrected chi connectivity index (χ0v) is 7.19. The molecule has 0 bridgehead atoms. The highest BCUT2D eigenvalue weighted by atomic mass is 32.2. The van der Waals surface area contributed by atoms with E-state index >= 15 is 0 Å². The first-order valence-corrected chi connectivity index (χ1v) is 4.93. The summed E-state index contributed by atoms with van der Waals surface area (Å²) in [4.78, 5) is 0. The van der Waals surface area contributed by atoms with Gasteiger partial charge in [-0.15, -0.1) is 10.2 Å². The average Bonchev–Trinajstić information content (AvgIpc) is 2.31. The summed E-state index contributed by atoms with van der Waals surface area (Å²) in [5.41, 5.74) is 5.29. The number of nitrogen functional groups attached to an aromatic ring is 1. The van der Waals surface area contributed by atoms with Gasteiger partial charge >= 0.3 is 0 Å². The largest absolute Gasteiger partial charge is 0.374 e. The minimum atomic E-state index is -1.76. The quantitative estimate of drug-likeness (QED) is 0.653. The normalized spacial score (nSPS) is 13.2. The fourth-order valence-electron chi connectivity index (χ4n) is 0.542. The van der Waals surface area contributed by atoms with Crippen LogP contribution < -0.4 is 5.73 Å². The molecule has 1 heterocycles. The second-order valence-electron chi connectivity index (χ2n) is 1.81. The molecule has 1 unspecified atom stereocenters. The monoisotopic (exact) mass is 193 g/mol. The fourth-order valence-corrected chi connectivity index (χ4v) is 1.65. The summed E-state index contributed by atoms with van der Waals surface area (Å²) in [6, 6.07) is 0. The van der Waals surface area contributed by atoms with E-state index < -0.39 is 11.1 Å². The van der Waals surface area contributed by atoms with Gasteiger partial charge in [-0.2, -0.15) is 0 Å². The Labute approximate surface area is 69.9 Å². The van der Waals surface area contributed by atoms with Gasteiger partial charge in [-0.05, 0) is 0 Å². The molecule has 0 aromatic carbocycles. The van der Waals surface area contributed by atoms with Crippen LogP contribution in [0.4, 0.5) is 5.13 Å². The number of aromatic nitrogens is 2. The Hall–Kier alpha value is -0.530. The number of nitrogens with zero attached hydrogens (tertiary/aromatic N) is 2. The molecule has 0 radical (unpaired) electrons. The lowest BCUT2D eigenvalue weighted by molar-refractivity contribution is 0.563. The molecule has 0 aliphatic rings. The number of anilines is 1. The van der Waals surface area contributed by atoms with Gasteiger partial charge in [0.15, 0.2) is 11.1 Å². The molecule has 0 aliphatic heterocycles. The molecule has 0 saturated heterocycles. The highest BCUT2D eigenvalue weighted by Gasteiger charge is 2.02. The summed E-state index contributed by atoms with van der Waals surface area (Å²) in [6.07, 6.45) is 0.456. The number of rotatable bonds is 3. The van der Waals surface area contributed by atoms with Crippen molar-refractivity contribution in [1.82, 2.24) is 10.2 Å². The van der Waals surface area contributed by atoms with Gasteiger partial charge in [0.25, 0.3) is 0 Å². The van der Waals surface area contributed by atoms with Crippen molar-refractivity contribution >= 4 is 27.5 Å². The van der Waals surface area contributed by atoms with Crippen molar-refractivity contribution in [1.29, 1.82) is 0 Å². The average molecular weight is 193 g/mol. The van der Waals surface area contributed by atoms with E-state index in [0.717, 1.165) is 0 Å². The molecule has 0 aliphatic carbocycles. The lowest BCUT2D eigenvalue weighted by atomic mass is 10.5. The van der Waals surface area contributed by atoms with Crippen LogP contribution >= 0.6 is 11.3 Å². The van der Waals surface area contributed by atoms with Crippen molar-refractivity contribution in [2.24, 2.45) is 0 Å². The molecule has 0 spiro atoms. The Bertz CT molecular complexity index is 262. The van der Waals surface area contributed by atoms with Crippen LogP contribution in [-0.4, -0.2) is 24.7 Å². The van der Waals surface area contributed by atoms with Crippen LogP contribution in [-0.2, 0) is 17.5 Å². The smallest absolute Gasteiger partial charge is 0.203 e. The lowest BCUT2D eigenvalue weighted by Crippen LogP contribution is -1.98. The molecule has 1 atom stereocenters. The van der Waals surface area contributed by atoms with E-state index in [-0.39, 0.29) is 5.75 Å². The van der Waals surface area contributed by atoms with Crippen LogP contribution in [0.15, 0.2) is 0 Å². The second kappa shape index (κ2) is 3.74. The Morgan fingerprint density at radius 3 is 2.82 bits per heavy atom. The summed E-state index contributed by atoms with van der Waals surface area (Å²) in [7, 11) is 0. The molecule has 11 heavy (non-hydrogen) atoms. The summed E-state index contributed by atoms with van der Waals surface area (Å²) in [5, 5.41) is 8.34. The van der Waals surface area contributed by atoms with E-state index in [1.165, 1.54) is 11.3 Å². The Kier molecular flexibility index (Phi) is 2.92. The van der Waals surface area contributed by atoms with E-state index in [0.29, 0.717) is 16.6 Å². The predicted molar refractivity (Wildman–Crippen MR) is 43.7 cm³/mol. The van der Waals surface area contributed by atoms with Crippen molar-refractivity contribution in [2.75, 3.05) is 11.5 Å². The topological polar surface area (TPSA) is 89.1 Å². The van der Waals surface area contributed by atoms with Crippen LogP contribution in [0.5, 0.6) is 0 Å². The van der Waals surface area contributed by atoms with Crippen molar-refractivity contribution in [2.45, 2.75) is 6.42 Å². The molecule has 3 N–H and O–H groups in total. The molecule has 7 heteroatoms. The Balaban J connectivity index is 2.45. The minimum absolute atomic E-state index is 0.189. The van der Waals surface area contributed by atoms with Gasteiger partial charge in [0, 0.05) is 6.42 Å². The number of hydrogen-bond donors (Lipinski definition) is 2. The van der Waals surface area contributed by atoms with Crippen molar-refractivity contribution in [3.05, 3.63) is 5.01 Å². The summed E-state index contributed by atoms with van der Waals surface area (Å²) in [6.45, 7) is 0. The molecule has 0 saturated carbocycles. The van der Waals surface area contributed by atoms with Gasteiger partial charge < -0.3 is 10.3 Å². The minimum Gasteiger partial charge on any atom is -0.374 e. The van der Waals surface area contributed by atoms with E-state index in [2.05, 4.69) is 10.2 Å². The van der Waals surface area contributed by atoms with Gasteiger partial charge in [0.1, 0.15) is 5.01 Å². The van der Waals surface area contributed by atoms with Crippen molar-refractivity contribution in [3.8, 4) is 0 Å². The van der Waals surface area contributed by atoms with Gasteiger partial charge in [0.2, 0.25) is 5.13 Å². The zero-order chi connectivity index (χ0) is 8.27. The summed E-state index contributed by atoms with van der Waals surface area (Å²) >= 11 is -0.519. The first-order chi connectivity index (χ1) is 5.18. The van der Waals surface area contributed by atoms with Crippen LogP contribution in [0.3, 0.4) is 0 Å². The van der Waals surface area contributed by atoms with Crippen LogP contribution in [0, 0.1) is 0 Å². The molecule has 5 nitrogen and oxygen atoms in total. The third-order valence-electron chi connectivity index (χ3n) is 0.973. The molecule has 1 aromatic heterocycles. The number of aryl methyl sites for hydroxylation is 1. The maximum atomic E-state index is 10.2. The van der Waals surface area contributed by atoms with Crippen molar-refractivity contribution < 1.29 is 8.76 Å². The van der Waals surface area contributed by atoms with Crippen LogP contribution in [0.25, 0.3) is 0 Å². The SMILES string of the molecule is Nc1nnc(CCS(=O)O)s1. The highest BCUT2D eigenvalue weighted by Crippen LogP contribution is 2.11. The van der Waals surface area contributed by atoms with Crippen LogP contribution in [0.1, 0.15) is 5.01 Å². The molecule has 62 valence electrons. The zero-order valence-electron chi connectivity index (χ0n) is 5.56. The van der Waals surface area contributed by atoms with Gasteiger partial charge in [-0.25, -0.2) is 4.21 Å². The number of hydrogen-bond acceptors (Lipinski definition) is 5. The molecule has 1 rings (SSSR count). The highest BCUT2D eigenvalue weighted by molar-refractivity contribution is 7.79. The maximum absolute atomic E-state index is 10.2. The van der Waals surface area contributed by atoms with E-state index in [1.54, 1.807) is 0 Å². The summed E-state index contributed by atoms with van der Waals surface area (Å²) < 4.78 is 18.6. The van der Waals surface area contributed by atoms with Crippen molar-refractivity contribution in [3.63, 3.8) is 0 Å². The second-order valence-corrected chi connectivity index (χ2v) is 3.95. The van der Waals surface area contributed by atoms with E-state index in [9.17, 15) is 4.21 Å². The maximum Gasteiger partial charge on any atom is 0.203 e.